The van der Waals surface area contributed by atoms with Crippen LogP contribution in [-0.2, 0) is 0 Å². The van der Waals surface area contributed by atoms with Gasteiger partial charge in [0.25, 0.3) is 0 Å². The van der Waals surface area contributed by atoms with Gasteiger partial charge in [-0.3, -0.25) is 0 Å². The molecule has 18 heavy (non-hydrogen) atoms. The van der Waals surface area contributed by atoms with Crippen molar-refractivity contribution in [2.75, 3.05) is 0 Å². The molecule has 88 valence electrons. The molecule has 0 spiro atoms. The number of nitrogens with one attached hydrogen (secondary N) is 1. The third-order valence-corrected chi connectivity index (χ3v) is 2.77. The molecule has 4 nitrogen and oxygen atoms in total. The van der Waals surface area contributed by atoms with E-state index in [-0.39, 0.29) is 5.69 Å². The Hall–Kier alpha value is -2.62. The standard InChI is InChI=1S/C14H10N2O2/c17-14(18)12-7-3-6-11(16-12)13-8-9-4-1-2-5-10(9)15-13/h1-8,15H,(H,17,18). The number of benzene rings is 1. The van der Waals surface area contributed by atoms with E-state index in [0.29, 0.717) is 5.69 Å². The number of para-hydroxylation sites is 1. The lowest BCUT2D eigenvalue weighted by Crippen LogP contribution is -2.00. The maximum absolute atomic E-state index is 10.9. The van der Waals surface area contributed by atoms with Crippen molar-refractivity contribution >= 4 is 16.9 Å². The Labute approximate surface area is 103 Å². The molecule has 0 atom stereocenters. The highest BCUT2D eigenvalue weighted by Crippen LogP contribution is 2.22. The average molecular weight is 238 g/mol. The van der Waals surface area contributed by atoms with Crippen molar-refractivity contribution in [1.82, 2.24) is 9.97 Å². The van der Waals surface area contributed by atoms with Crippen LogP contribution < -0.4 is 0 Å². The van der Waals surface area contributed by atoms with E-state index >= 15 is 0 Å². The first kappa shape index (κ1) is 10.5. The molecule has 0 aliphatic rings. The summed E-state index contributed by atoms with van der Waals surface area (Å²) >= 11 is 0. The average Bonchev–Trinajstić information content (AvgIpc) is 2.82. The van der Waals surface area contributed by atoms with Crippen LogP contribution in [-0.4, -0.2) is 21.0 Å². The third-order valence-electron chi connectivity index (χ3n) is 2.77. The zero-order valence-electron chi connectivity index (χ0n) is 9.42. The number of fused-ring (bicyclic) bond motifs is 1. The zero-order chi connectivity index (χ0) is 12.5. The largest absolute Gasteiger partial charge is 0.477 e. The Bertz CT molecular complexity index is 698. The minimum Gasteiger partial charge on any atom is -0.477 e. The molecule has 0 aliphatic heterocycles. The number of aromatic nitrogens is 2. The molecule has 2 heterocycles. The summed E-state index contributed by atoms with van der Waals surface area (Å²) in [6.07, 6.45) is 0. The SMILES string of the molecule is O=C(O)c1cccc(-c2cc3ccccc3[nH]2)n1. The van der Waals surface area contributed by atoms with Gasteiger partial charge in [-0.25, -0.2) is 9.78 Å². The van der Waals surface area contributed by atoms with Crippen LogP contribution in [0, 0.1) is 0 Å². The Balaban J connectivity index is 2.13. The van der Waals surface area contributed by atoms with Crippen LogP contribution in [0.4, 0.5) is 0 Å². The highest BCUT2D eigenvalue weighted by molar-refractivity contribution is 5.87. The second kappa shape index (κ2) is 4.00. The first-order valence-electron chi connectivity index (χ1n) is 5.52. The quantitative estimate of drug-likeness (QED) is 0.721. The maximum Gasteiger partial charge on any atom is 0.354 e. The fourth-order valence-electron chi connectivity index (χ4n) is 1.92. The monoisotopic (exact) mass is 238 g/mol. The van der Waals surface area contributed by atoms with Crippen LogP contribution in [0.2, 0.25) is 0 Å². The number of nitrogens with zero attached hydrogens (tertiary/aromatic N) is 1. The van der Waals surface area contributed by atoms with E-state index in [1.165, 1.54) is 6.07 Å². The smallest absolute Gasteiger partial charge is 0.354 e. The van der Waals surface area contributed by atoms with Gasteiger partial charge < -0.3 is 10.1 Å². The summed E-state index contributed by atoms with van der Waals surface area (Å²) in [5, 5.41) is 10.0. The van der Waals surface area contributed by atoms with E-state index in [2.05, 4.69) is 9.97 Å². The molecule has 0 fully saturated rings. The lowest BCUT2D eigenvalue weighted by Gasteiger charge is -1.98. The summed E-state index contributed by atoms with van der Waals surface area (Å²) in [6.45, 7) is 0. The summed E-state index contributed by atoms with van der Waals surface area (Å²) < 4.78 is 0. The summed E-state index contributed by atoms with van der Waals surface area (Å²) in [5.41, 5.74) is 2.51. The summed E-state index contributed by atoms with van der Waals surface area (Å²) in [5.74, 6) is -1.02. The fourth-order valence-corrected chi connectivity index (χ4v) is 1.92. The number of H-pyrrole nitrogens is 1. The van der Waals surface area contributed by atoms with Gasteiger partial charge in [0.2, 0.25) is 0 Å². The molecule has 0 bridgehead atoms. The van der Waals surface area contributed by atoms with Crippen LogP contribution in [0.15, 0.2) is 48.5 Å². The third kappa shape index (κ3) is 1.73. The molecule has 1 aromatic carbocycles. The minimum atomic E-state index is -1.02. The number of carboxylic acids is 1. The molecule has 0 saturated carbocycles. The highest BCUT2D eigenvalue weighted by Gasteiger charge is 2.08. The van der Waals surface area contributed by atoms with Gasteiger partial charge in [0.05, 0.1) is 11.4 Å². The van der Waals surface area contributed by atoms with E-state index in [1.807, 2.05) is 30.3 Å². The normalized spacial score (nSPS) is 10.7. The van der Waals surface area contributed by atoms with Crippen LogP contribution >= 0.6 is 0 Å². The Morgan fingerprint density at radius 3 is 2.72 bits per heavy atom. The fraction of sp³-hybridized carbons (Fsp3) is 0. The van der Waals surface area contributed by atoms with E-state index in [9.17, 15) is 4.79 Å². The first-order valence-corrected chi connectivity index (χ1v) is 5.52. The summed E-state index contributed by atoms with van der Waals surface area (Å²) in [7, 11) is 0. The number of pyridine rings is 1. The highest BCUT2D eigenvalue weighted by atomic mass is 16.4. The van der Waals surface area contributed by atoms with Gasteiger partial charge in [0, 0.05) is 10.9 Å². The van der Waals surface area contributed by atoms with Crippen molar-refractivity contribution in [2.24, 2.45) is 0 Å². The number of aromatic carboxylic acids is 1. The summed E-state index contributed by atoms with van der Waals surface area (Å²) in [6, 6.07) is 14.8. The first-order chi connectivity index (χ1) is 8.74. The topological polar surface area (TPSA) is 66.0 Å². The van der Waals surface area contributed by atoms with Gasteiger partial charge in [0.15, 0.2) is 0 Å². The molecule has 2 aromatic heterocycles. The predicted molar refractivity (Wildman–Crippen MR) is 68.5 cm³/mol. The number of carbonyl (C=O) groups is 1. The summed E-state index contributed by atoms with van der Waals surface area (Å²) in [4.78, 5) is 18.2. The predicted octanol–water partition coefficient (Wildman–Crippen LogP) is 2.93. The number of rotatable bonds is 2. The minimum absolute atomic E-state index is 0.0474. The van der Waals surface area contributed by atoms with Crippen molar-refractivity contribution in [3.05, 3.63) is 54.2 Å². The number of hydrogen-bond acceptors (Lipinski definition) is 2. The molecule has 4 heteroatoms. The molecule has 0 unspecified atom stereocenters. The van der Waals surface area contributed by atoms with Gasteiger partial charge in [-0.1, -0.05) is 24.3 Å². The van der Waals surface area contributed by atoms with Gasteiger partial charge >= 0.3 is 5.97 Å². The second-order valence-electron chi connectivity index (χ2n) is 3.98. The molecular formula is C14H10N2O2. The molecule has 0 radical (unpaired) electrons. The number of carboxylic acid groups (broad SMARTS) is 1. The maximum atomic E-state index is 10.9. The van der Waals surface area contributed by atoms with E-state index in [1.54, 1.807) is 12.1 Å². The van der Waals surface area contributed by atoms with Crippen molar-refractivity contribution in [3.8, 4) is 11.4 Å². The van der Waals surface area contributed by atoms with E-state index in [0.717, 1.165) is 16.6 Å². The van der Waals surface area contributed by atoms with E-state index < -0.39 is 5.97 Å². The molecule has 2 N–H and O–H groups in total. The molecule has 3 rings (SSSR count). The zero-order valence-corrected chi connectivity index (χ0v) is 9.42. The van der Waals surface area contributed by atoms with Gasteiger partial charge in [0.1, 0.15) is 5.69 Å². The van der Waals surface area contributed by atoms with Crippen LogP contribution in [0.25, 0.3) is 22.3 Å². The van der Waals surface area contributed by atoms with Crippen LogP contribution in [0.3, 0.4) is 0 Å². The molecular weight excluding hydrogens is 228 g/mol. The van der Waals surface area contributed by atoms with Crippen molar-refractivity contribution < 1.29 is 9.90 Å². The van der Waals surface area contributed by atoms with Gasteiger partial charge in [-0.05, 0) is 24.3 Å². The Morgan fingerprint density at radius 2 is 1.94 bits per heavy atom. The lowest BCUT2D eigenvalue weighted by molar-refractivity contribution is 0.0690. The Morgan fingerprint density at radius 1 is 1.11 bits per heavy atom. The van der Waals surface area contributed by atoms with Gasteiger partial charge in [-0.2, -0.15) is 0 Å². The number of aromatic amines is 1. The molecule has 0 aliphatic carbocycles. The Kier molecular flexibility index (Phi) is 2.34. The lowest BCUT2D eigenvalue weighted by atomic mass is 10.2. The number of hydrogen-bond donors (Lipinski definition) is 2. The van der Waals surface area contributed by atoms with Crippen molar-refractivity contribution in [3.63, 3.8) is 0 Å². The van der Waals surface area contributed by atoms with Crippen LogP contribution in [0.5, 0.6) is 0 Å². The van der Waals surface area contributed by atoms with Crippen molar-refractivity contribution in [1.29, 1.82) is 0 Å². The second-order valence-corrected chi connectivity index (χ2v) is 3.98. The molecule has 3 aromatic rings. The molecule has 0 amide bonds. The van der Waals surface area contributed by atoms with Gasteiger partial charge in [-0.15, -0.1) is 0 Å². The van der Waals surface area contributed by atoms with E-state index in [4.69, 9.17) is 5.11 Å². The van der Waals surface area contributed by atoms with Crippen LogP contribution in [0.1, 0.15) is 10.5 Å². The molecule has 0 saturated heterocycles. The van der Waals surface area contributed by atoms with Crippen molar-refractivity contribution in [2.45, 2.75) is 0 Å².